The Morgan fingerprint density at radius 2 is 1.77 bits per heavy atom. The van der Waals surface area contributed by atoms with E-state index in [1.165, 1.54) is 10.0 Å². The third-order valence-electron chi connectivity index (χ3n) is 4.15. The first-order chi connectivity index (χ1) is 12.0. The van der Waals surface area contributed by atoms with Crippen molar-refractivity contribution in [1.82, 2.24) is 5.53 Å². The number of benzene rings is 2. The van der Waals surface area contributed by atoms with E-state index in [9.17, 15) is 15.2 Å². The second kappa shape index (κ2) is 6.34. The van der Waals surface area contributed by atoms with Crippen molar-refractivity contribution in [2.24, 2.45) is 0 Å². The largest absolute Gasteiger partial charge is 0.492 e. The molecule has 4 rings (SSSR count). The van der Waals surface area contributed by atoms with Gasteiger partial charge in [0.25, 0.3) is 5.70 Å². The molecule has 0 saturated heterocycles. The van der Waals surface area contributed by atoms with Gasteiger partial charge in [0.1, 0.15) is 5.70 Å². The molecule has 2 aliphatic rings. The van der Waals surface area contributed by atoms with Crippen LogP contribution in [0.4, 0.5) is 11.4 Å². The van der Waals surface area contributed by atoms with Gasteiger partial charge in [0.05, 0.1) is 27.4 Å². The highest BCUT2D eigenvalue weighted by Gasteiger charge is 2.42. The Bertz CT molecular complexity index is 955. The molecule has 9 heteroatoms. The van der Waals surface area contributed by atoms with Crippen LogP contribution < -0.4 is 15.6 Å². The molecule has 8 nitrogen and oxygen atoms in total. The minimum atomic E-state index is -0.434. The van der Waals surface area contributed by atoms with Crippen LogP contribution in [0.5, 0.6) is 0 Å². The van der Waals surface area contributed by atoms with E-state index in [1.807, 2.05) is 0 Å². The van der Waals surface area contributed by atoms with Crippen molar-refractivity contribution in [1.29, 1.82) is 0 Å². The predicted molar refractivity (Wildman–Crippen MR) is 97.8 cm³/mol. The lowest BCUT2D eigenvalue weighted by Gasteiger charge is -2.26. The first kappa shape index (κ1) is 17.7. The summed E-state index contributed by atoms with van der Waals surface area (Å²) in [6.07, 6.45) is 0. The molecule has 0 aliphatic carbocycles. The second-order valence-corrected chi connectivity index (χ2v) is 6.05. The van der Waals surface area contributed by atoms with E-state index < -0.39 is 4.92 Å². The van der Waals surface area contributed by atoms with E-state index in [-0.39, 0.29) is 17.1 Å². The van der Waals surface area contributed by atoms with Gasteiger partial charge in [-0.3, -0.25) is 10.1 Å². The van der Waals surface area contributed by atoms with E-state index in [4.69, 9.17) is 11.6 Å². The third kappa shape index (κ3) is 2.48. The fourth-order valence-corrected chi connectivity index (χ4v) is 3.16. The van der Waals surface area contributed by atoms with Crippen LogP contribution in [-0.2, 0) is 0 Å². The zero-order valence-corrected chi connectivity index (χ0v) is 14.3. The lowest BCUT2D eigenvalue weighted by Crippen LogP contribution is -2.36. The lowest BCUT2D eigenvalue weighted by molar-refractivity contribution is -0.376. The number of hydrogen-bond acceptors (Lipinski definition) is 5. The van der Waals surface area contributed by atoms with E-state index in [0.717, 1.165) is 0 Å². The van der Waals surface area contributed by atoms with Crippen LogP contribution in [0, 0.1) is 10.1 Å². The smallest absolute Gasteiger partial charge is 0.283 e. The molecule has 26 heavy (non-hydrogen) atoms. The van der Waals surface area contributed by atoms with Crippen LogP contribution in [0.3, 0.4) is 0 Å². The van der Waals surface area contributed by atoms with Crippen LogP contribution in [0.15, 0.2) is 65.7 Å². The van der Waals surface area contributed by atoms with E-state index >= 15 is 0 Å². The molecule has 0 fully saturated rings. The van der Waals surface area contributed by atoms with E-state index in [0.29, 0.717) is 33.2 Å². The van der Waals surface area contributed by atoms with Gasteiger partial charge in [0.15, 0.2) is 0 Å². The maximum absolute atomic E-state index is 11.6. The van der Waals surface area contributed by atoms with Crippen molar-refractivity contribution in [2.75, 3.05) is 10.0 Å². The Morgan fingerprint density at radius 1 is 1.12 bits per heavy atom. The zero-order valence-electron chi connectivity index (χ0n) is 13.5. The molecular weight excluding hydrogens is 360 g/mol. The summed E-state index contributed by atoms with van der Waals surface area (Å²) in [6, 6.07) is 13.7. The average Bonchev–Trinajstić information content (AvgIpc) is 2.94. The number of anilines is 2. The van der Waals surface area contributed by atoms with Crippen LogP contribution >= 0.6 is 11.6 Å². The van der Waals surface area contributed by atoms with Gasteiger partial charge in [-0.2, -0.15) is 0 Å². The Morgan fingerprint density at radius 3 is 2.42 bits per heavy atom. The molecule has 0 spiro atoms. The van der Waals surface area contributed by atoms with Crippen molar-refractivity contribution in [3.05, 3.63) is 86.4 Å². The number of aliphatic hydroxyl groups excluding tert-OH is 1. The molecule has 1 radical (unpaired) electrons. The third-order valence-corrected chi connectivity index (χ3v) is 4.41. The Labute approximate surface area is 153 Å². The molecule has 2 aliphatic heterocycles. The van der Waals surface area contributed by atoms with Gasteiger partial charge in [-0.05, 0) is 48.9 Å². The molecule has 2 heterocycles. The highest BCUT2D eigenvalue weighted by atomic mass is 35.5. The monoisotopic (exact) mass is 373 g/mol. The number of fused-ring (bicyclic) bond motifs is 3. The summed E-state index contributed by atoms with van der Waals surface area (Å²) >= 11 is 5.90. The van der Waals surface area contributed by atoms with Gasteiger partial charge < -0.3 is 10.6 Å². The number of allylic oxidation sites excluding steroid dienone is 1. The number of rotatable bonds is 2. The van der Waals surface area contributed by atoms with Crippen LogP contribution in [0.1, 0.15) is 12.5 Å². The van der Waals surface area contributed by atoms with Crippen molar-refractivity contribution in [3.8, 4) is 0 Å². The van der Waals surface area contributed by atoms with Gasteiger partial charge in [-0.1, -0.05) is 23.7 Å². The highest BCUT2D eigenvalue weighted by Crippen LogP contribution is 2.44. The van der Waals surface area contributed by atoms with Crippen molar-refractivity contribution in [3.63, 3.8) is 0 Å². The molecule has 3 N–H and O–H groups in total. The average molecular weight is 374 g/mol. The molecular formula is C17H14ClN4O4. The number of para-hydroxylation sites is 1. The first-order valence-corrected chi connectivity index (χ1v) is 7.82. The normalized spacial score (nSPS) is 15.6. The summed E-state index contributed by atoms with van der Waals surface area (Å²) in [5.74, 6) is -0.173. The molecule has 133 valence electrons. The SMILES string of the molecule is CC1=C([N+](=O)[O-])c2ccccc2N2[N]N(c3ccc(Cl)cc3)C(O)=C12.O. The van der Waals surface area contributed by atoms with Crippen molar-refractivity contribution in [2.45, 2.75) is 6.92 Å². The molecule has 2 aromatic carbocycles. The van der Waals surface area contributed by atoms with Gasteiger partial charge in [0.2, 0.25) is 5.88 Å². The molecule has 2 aromatic rings. The summed E-state index contributed by atoms with van der Waals surface area (Å²) in [5.41, 5.74) is 6.61. The Balaban J connectivity index is 0.00000196. The van der Waals surface area contributed by atoms with Gasteiger partial charge in [-0.25, -0.2) is 10.0 Å². The summed E-state index contributed by atoms with van der Waals surface area (Å²) in [7, 11) is 0. The first-order valence-electron chi connectivity index (χ1n) is 7.44. The quantitative estimate of drug-likeness (QED) is 0.641. The summed E-state index contributed by atoms with van der Waals surface area (Å²) in [5, 5.41) is 25.7. The standard InChI is InChI=1S/C17H12ClN4O3.H2O/c1-10-15(22(24)25)13-4-2-3-5-14(13)21-16(10)17(23)20(19-21)12-8-6-11(18)7-9-12;/h2-9,23H,1H3;1H2. The summed E-state index contributed by atoms with van der Waals surface area (Å²) < 4.78 is 0. The maximum Gasteiger partial charge on any atom is 0.283 e. The van der Waals surface area contributed by atoms with Gasteiger partial charge in [0, 0.05) is 5.02 Å². The fraction of sp³-hybridized carbons (Fsp3) is 0.0588. The number of halogens is 1. The minimum Gasteiger partial charge on any atom is -0.492 e. The molecule has 0 saturated carbocycles. The number of aliphatic hydroxyl groups is 1. The zero-order chi connectivity index (χ0) is 17.7. The van der Waals surface area contributed by atoms with Crippen molar-refractivity contribution >= 4 is 28.7 Å². The van der Waals surface area contributed by atoms with E-state index in [2.05, 4.69) is 5.53 Å². The second-order valence-electron chi connectivity index (χ2n) is 5.61. The number of nitrogens with zero attached hydrogens (tertiary/aromatic N) is 4. The lowest BCUT2D eigenvalue weighted by atomic mass is 9.98. The summed E-state index contributed by atoms with van der Waals surface area (Å²) in [4.78, 5) is 11.1. The summed E-state index contributed by atoms with van der Waals surface area (Å²) in [6.45, 7) is 1.60. The van der Waals surface area contributed by atoms with Gasteiger partial charge >= 0.3 is 0 Å². The molecule has 0 bridgehead atoms. The van der Waals surface area contributed by atoms with Crippen molar-refractivity contribution < 1.29 is 15.5 Å². The fourth-order valence-electron chi connectivity index (χ4n) is 3.03. The molecule has 0 aromatic heterocycles. The van der Waals surface area contributed by atoms with Crippen LogP contribution in [0.25, 0.3) is 5.70 Å². The molecule has 0 atom stereocenters. The Kier molecular flexibility index (Phi) is 4.33. The predicted octanol–water partition coefficient (Wildman–Crippen LogP) is 3.02. The van der Waals surface area contributed by atoms with Crippen LogP contribution in [0.2, 0.25) is 5.02 Å². The minimum absolute atomic E-state index is 0. The van der Waals surface area contributed by atoms with Crippen LogP contribution in [-0.4, -0.2) is 15.5 Å². The highest BCUT2D eigenvalue weighted by molar-refractivity contribution is 6.30. The molecule has 0 unspecified atom stereocenters. The van der Waals surface area contributed by atoms with E-state index in [1.54, 1.807) is 55.5 Å². The number of nitro groups is 1. The number of hydrogen-bond donors (Lipinski definition) is 1. The molecule has 0 amide bonds. The maximum atomic E-state index is 11.6. The topological polar surface area (TPSA) is 115 Å². The Hall–Kier alpha value is -3.07. The van der Waals surface area contributed by atoms with Gasteiger partial charge in [-0.15, -0.1) is 0 Å².